The third kappa shape index (κ3) is 3.83. The summed E-state index contributed by atoms with van der Waals surface area (Å²) in [5.74, 6) is 0.461. The summed E-state index contributed by atoms with van der Waals surface area (Å²) in [6, 6.07) is 6.75. The average Bonchev–Trinajstić information content (AvgIpc) is 2.17. The zero-order chi connectivity index (χ0) is 11.3. The second kappa shape index (κ2) is 5.66. The van der Waals surface area contributed by atoms with E-state index in [-0.39, 0.29) is 11.7 Å². The summed E-state index contributed by atoms with van der Waals surface area (Å²) >= 11 is 0. The fourth-order valence-corrected chi connectivity index (χ4v) is 1.41. The Bertz CT molecular complexity index is 304. The molecular weight excluding hydrogens is 200 g/mol. The third-order valence-electron chi connectivity index (χ3n) is 2.25. The molecule has 0 fully saturated rings. The zero-order valence-corrected chi connectivity index (χ0v) is 8.62. The Balaban J connectivity index is 2.73. The van der Waals surface area contributed by atoms with Gasteiger partial charge in [0.05, 0.1) is 0 Å². The largest absolute Gasteiger partial charge is 0.435 e. The monoisotopic (exact) mass is 215 g/mol. The average molecular weight is 215 g/mol. The summed E-state index contributed by atoms with van der Waals surface area (Å²) in [7, 11) is 0. The highest BCUT2D eigenvalue weighted by molar-refractivity contribution is 5.30. The maximum absolute atomic E-state index is 12.0. The molecule has 1 atom stereocenters. The molecule has 0 aromatic heterocycles. The molecule has 0 saturated carbocycles. The first-order valence-electron chi connectivity index (χ1n) is 4.88. The van der Waals surface area contributed by atoms with Crippen LogP contribution in [0.25, 0.3) is 0 Å². The van der Waals surface area contributed by atoms with Gasteiger partial charge in [-0.2, -0.15) is 8.78 Å². The maximum atomic E-state index is 12.0. The van der Waals surface area contributed by atoms with Crippen molar-refractivity contribution < 1.29 is 13.5 Å². The number of nitrogens with two attached hydrogens (primary N) is 1. The molecule has 0 saturated heterocycles. The minimum Gasteiger partial charge on any atom is -0.435 e. The van der Waals surface area contributed by atoms with Gasteiger partial charge in [0.2, 0.25) is 0 Å². The Labute approximate surface area is 88.0 Å². The van der Waals surface area contributed by atoms with Crippen LogP contribution in [-0.4, -0.2) is 13.2 Å². The van der Waals surface area contributed by atoms with Crippen molar-refractivity contribution in [2.75, 3.05) is 6.54 Å². The van der Waals surface area contributed by atoms with Crippen LogP contribution >= 0.6 is 0 Å². The summed E-state index contributed by atoms with van der Waals surface area (Å²) in [5.41, 5.74) is 6.41. The van der Waals surface area contributed by atoms with Crippen LogP contribution in [0, 0.1) is 0 Å². The highest BCUT2D eigenvalue weighted by Gasteiger charge is 2.08. The summed E-state index contributed by atoms with van der Waals surface area (Å²) < 4.78 is 28.2. The molecule has 0 radical (unpaired) electrons. The van der Waals surface area contributed by atoms with Crippen LogP contribution in [0.2, 0.25) is 0 Å². The first kappa shape index (κ1) is 11.9. The molecule has 2 N–H and O–H groups in total. The summed E-state index contributed by atoms with van der Waals surface area (Å²) in [6.07, 6.45) is 0.831. The Kier molecular flexibility index (Phi) is 4.49. The van der Waals surface area contributed by atoms with Crippen LogP contribution < -0.4 is 10.5 Å². The lowest BCUT2D eigenvalue weighted by Gasteiger charge is -2.12. The smallest absolute Gasteiger partial charge is 0.387 e. The van der Waals surface area contributed by atoms with E-state index in [1.807, 2.05) is 13.0 Å². The zero-order valence-electron chi connectivity index (χ0n) is 8.62. The lowest BCUT2D eigenvalue weighted by molar-refractivity contribution is -0.0498. The minimum absolute atomic E-state index is 0.200. The summed E-state index contributed by atoms with van der Waals surface area (Å²) in [6.45, 7) is -0.180. The number of rotatable bonds is 5. The predicted molar refractivity (Wildman–Crippen MR) is 55.2 cm³/mol. The van der Waals surface area contributed by atoms with Gasteiger partial charge in [0, 0.05) is 0 Å². The lowest BCUT2D eigenvalue weighted by Crippen LogP contribution is -2.06. The molecule has 1 aromatic carbocycles. The van der Waals surface area contributed by atoms with Crippen LogP contribution in [0.4, 0.5) is 8.78 Å². The van der Waals surface area contributed by atoms with Gasteiger partial charge in [0.1, 0.15) is 5.75 Å². The molecule has 0 heterocycles. The molecule has 15 heavy (non-hydrogen) atoms. The van der Waals surface area contributed by atoms with Crippen LogP contribution in [0.5, 0.6) is 5.75 Å². The molecule has 84 valence electrons. The van der Waals surface area contributed by atoms with Crippen LogP contribution in [-0.2, 0) is 0 Å². The predicted octanol–water partition coefficient (Wildman–Crippen LogP) is 2.74. The fraction of sp³-hybridized carbons (Fsp3) is 0.455. The van der Waals surface area contributed by atoms with Crippen molar-refractivity contribution in [2.24, 2.45) is 5.73 Å². The molecular formula is C11H15F2NO. The highest BCUT2D eigenvalue weighted by atomic mass is 19.3. The molecule has 0 aliphatic carbocycles. The topological polar surface area (TPSA) is 35.2 Å². The highest BCUT2D eigenvalue weighted by Crippen LogP contribution is 2.23. The Morgan fingerprint density at radius 2 is 2.13 bits per heavy atom. The third-order valence-corrected chi connectivity index (χ3v) is 2.25. The Morgan fingerprint density at radius 1 is 1.40 bits per heavy atom. The molecule has 4 heteroatoms. The van der Waals surface area contributed by atoms with Gasteiger partial charge >= 0.3 is 6.61 Å². The van der Waals surface area contributed by atoms with Gasteiger partial charge in [0.15, 0.2) is 0 Å². The SMILES string of the molecule is CC(CCN)c1cccc(OC(F)F)c1. The van der Waals surface area contributed by atoms with Crippen molar-refractivity contribution in [3.63, 3.8) is 0 Å². The maximum Gasteiger partial charge on any atom is 0.387 e. The molecule has 0 amide bonds. The fourth-order valence-electron chi connectivity index (χ4n) is 1.41. The van der Waals surface area contributed by atoms with Crippen molar-refractivity contribution in [3.8, 4) is 5.75 Å². The van der Waals surface area contributed by atoms with E-state index in [2.05, 4.69) is 4.74 Å². The molecule has 0 aliphatic heterocycles. The van der Waals surface area contributed by atoms with Crippen LogP contribution in [0.15, 0.2) is 24.3 Å². The summed E-state index contributed by atoms with van der Waals surface area (Å²) in [4.78, 5) is 0. The first-order valence-corrected chi connectivity index (χ1v) is 4.88. The van der Waals surface area contributed by atoms with Gasteiger partial charge in [-0.25, -0.2) is 0 Å². The van der Waals surface area contributed by atoms with Crippen molar-refractivity contribution in [3.05, 3.63) is 29.8 Å². The van der Waals surface area contributed by atoms with E-state index in [9.17, 15) is 8.78 Å². The standard InChI is InChI=1S/C11H15F2NO/c1-8(5-6-14)9-3-2-4-10(7-9)15-11(12)13/h2-4,7-8,11H,5-6,14H2,1H3. The minimum atomic E-state index is -2.77. The van der Waals surface area contributed by atoms with Crippen molar-refractivity contribution >= 4 is 0 Å². The Morgan fingerprint density at radius 3 is 2.73 bits per heavy atom. The number of alkyl halides is 2. The van der Waals surface area contributed by atoms with E-state index in [1.165, 1.54) is 6.07 Å². The van der Waals surface area contributed by atoms with Gasteiger partial charge < -0.3 is 10.5 Å². The number of benzene rings is 1. The van der Waals surface area contributed by atoms with Gasteiger partial charge in [-0.3, -0.25) is 0 Å². The quantitative estimate of drug-likeness (QED) is 0.819. The number of hydrogen-bond donors (Lipinski definition) is 1. The number of ether oxygens (including phenoxy) is 1. The van der Waals surface area contributed by atoms with Crippen LogP contribution in [0.1, 0.15) is 24.8 Å². The molecule has 1 rings (SSSR count). The molecule has 0 spiro atoms. The number of hydrogen-bond acceptors (Lipinski definition) is 2. The molecule has 2 nitrogen and oxygen atoms in total. The van der Waals surface area contributed by atoms with Gasteiger partial charge in [-0.15, -0.1) is 0 Å². The molecule has 0 aliphatic rings. The van der Waals surface area contributed by atoms with Crippen molar-refractivity contribution in [1.29, 1.82) is 0 Å². The van der Waals surface area contributed by atoms with Crippen LogP contribution in [0.3, 0.4) is 0 Å². The van der Waals surface area contributed by atoms with E-state index in [1.54, 1.807) is 12.1 Å². The van der Waals surface area contributed by atoms with Crippen molar-refractivity contribution in [2.45, 2.75) is 25.9 Å². The first-order chi connectivity index (χ1) is 7.13. The van der Waals surface area contributed by atoms with E-state index in [0.29, 0.717) is 6.54 Å². The lowest BCUT2D eigenvalue weighted by atomic mass is 9.98. The van der Waals surface area contributed by atoms with E-state index in [4.69, 9.17) is 5.73 Å². The molecule has 0 bridgehead atoms. The molecule has 1 aromatic rings. The second-order valence-electron chi connectivity index (χ2n) is 3.43. The van der Waals surface area contributed by atoms with Gasteiger partial charge in [0.25, 0.3) is 0 Å². The normalized spacial score (nSPS) is 12.9. The van der Waals surface area contributed by atoms with Gasteiger partial charge in [-0.1, -0.05) is 19.1 Å². The van der Waals surface area contributed by atoms with Crippen molar-refractivity contribution in [1.82, 2.24) is 0 Å². The van der Waals surface area contributed by atoms with Gasteiger partial charge in [-0.05, 0) is 36.6 Å². The number of halogens is 2. The van der Waals surface area contributed by atoms with E-state index < -0.39 is 6.61 Å². The Hall–Kier alpha value is -1.16. The summed E-state index contributed by atoms with van der Waals surface area (Å²) in [5, 5.41) is 0. The van der Waals surface area contributed by atoms with E-state index >= 15 is 0 Å². The van der Waals surface area contributed by atoms with E-state index in [0.717, 1.165) is 12.0 Å². The molecule has 1 unspecified atom stereocenters. The second-order valence-corrected chi connectivity index (χ2v) is 3.43.